The van der Waals surface area contributed by atoms with E-state index in [9.17, 15) is 4.57 Å². The second-order valence-corrected chi connectivity index (χ2v) is 13.4. The SMILES string of the molecule is O=P(c1ccccc1)(c1ccccc1)c1ccc(-c2cc3c4ccccc4c4ccccc4c3c3ccccc23)nc1. The minimum absolute atomic E-state index is 0.727. The fraction of sp³-hybridized carbons (Fsp3) is 0. The summed E-state index contributed by atoms with van der Waals surface area (Å²) in [7, 11) is -3.10. The molecule has 8 aromatic rings. The quantitative estimate of drug-likeness (QED) is 0.160. The summed E-state index contributed by atoms with van der Waals surface area (Å²) >= 11 is 0. The number of rotatable bonds is 4. The molecule has 1 aromatic heterocycles. The number of hydrogen-bond donors (Lipinski definition) is 0. The van der Waals surface area contributed by atoms with Gasteiger partial charge in [-0.1, -0.05) is 133 Å². The van der Waals surface area contributed by atoms with Crippen LogP contribution in [0.25, 0.3) is 54.3 Å². The van der Waals surface area contributed by atoms with Gasteiger partial charge in [0.05, 0.1) is 5.69 Å². The molecule has 2 nitrogen and oxygen atoms in total. The van der Waals surface area contributed by atoms with Gasteiger partial charge in [0.15, 0.2) is 7.14 Å². The van der Waals surface area contributed by atoms with E-state index in [1.54, 1.807) is 0 Å². The van der Waals surface area contributed by atoms with Crippen molar-refractivity contribution in [2.24, 2.45) is 0 Å². The van der Waals surface area contributed by atoms with Crippen LogP contribution < -0.4 is 15.9 Å². The molecule has 0 saturated heterocycles. The highest BCUT2D eigenvalue weighted by Gasteiger charge is 2.30. The van der Waals surface area contributed by atoms with Gasteiger partial charge in [-0.2, -0.15) is 0 Å². The van der Waals surface area contributed by atoms with E-state index < -0.39 is 7.14 Å². The van der Waals surface area contributed by atoms with E-state index in [0.717, 1.165) is 32.6 Å². The number of fused-ring (bicyclic) bond motifs is 8. The molecule has 0 amide bonds. The Balaban J connectivity index is 1.38. The molecule has 198 valence electrons. The maximum atomic E-state index is 14.9. The van der Waals surface area contributed by atoms with Crippen molar-refractivity contribution >= 4 is 66.1 Å². The fourth-order valence-corrected chi connectivity index (χ4v) is 9.02. The second-order valence-electron chi connectivity index (χ2n) is 10.7. The molecule has 0 saturated carbocycles. The van der Waals surface area contributed by atoms with Crippen LogP contribution in [0.4, 0.5) is 0 Å². The first-order valence-electron chi connectivity index (χ1n) is 14.2. The summed E-state index contributed by atoms with van der Waals surface area (Å²) in [4.78, 5) is 4.99. The average Bonchev–Trinajstić information content (AvgIpc) is 3.08. The van der Waals surface area contributed by atoms with Gasteiger partial charge in [-0.15, -0.1) is 0 Å². The first-order chi connectivity index (χ1) is 20.7. The van der Waals surface area contributed by atoms with Crippen LogP contribution in [0.2, 0.25) is 0 Å². The molecule has 42 heavy (non-hydrogen) atoms. The molecule has 1 heterocycles. The maximum Gasteiger partial charge on any atom is 0.172 e. The van der Waals surface area contributed by atoms with Gasteiger partial charge in [0.1, 0.15) is 0 Å². The lowest BCUT2D eigenvalue weighted by molar-refractivity contribution is 0.592. The summed E-state index contributed by atoms with van der Waals surface area (Å²) in [6, 6.07) is 51.8. The number of hydrogen-bond acceptors (Lipinski definition) is 2. The van der Waals surface area contributed by atoms with Crippen molar-refractivity contribution in [2.75, 3.05) is 0 Å². The van der Waals surface area contributed by atoms with Gasteiger partial charge in [-0.05, 0) is 61.3 Å². The van der Waals surface area contributed by atoms with Crippen LogP contribution in [-0.4, -0.2) is 4.98 Å². The van der Waals surface area contributed by atoms with Crippen LogP contribution >= 0.6 is 7.14 Å². The summed E-state index contributed by atoms with van der Waals surface area (Å²) in [6.45, 7) is 0. The van der Waals surface area contributed by atoms with Crippen LogP contribution in [0.5, 0.6) is 0 Å². The minimum Gasteiger partial charge on any atom is -0.309 e. The summed E-state index contributed by atoms with van der Waals surface area (Å²) in [6.07, 6.45) is 1.81. The lowest BCUT2D eigenvalue weighted by Crippen LogP contribution is -2.25. The van der Waals surface area contributed by atoms with Crippen molar-refractivity contribution in [3.63, 3.8) is 0 Å². The highest BCUT2D eigenvalue weighted by Crippen LogP contribution is 2.44. The summed E-state index contributed by atoms with van der Waals surface area (Å²) < 4.78 is 14.9. The first-order valence-corrected chi connectivity index (χ1v) is 15.9. The van der Waals surface area contributed by atoms with E-state index in [0.29, 0.717) is 0 Å². The zero-order valence-corrected chi connectivity index (χ0v) is 23.7. The van der Waals surface area contributed by atoms with Gasteiger partial charge in [0.2, 0.25) is 0 Å². The third-order valence-corrected chi connectivity index (χ3v) is 11.4. The third-order valence-electron chi connectivity index (χ3n) is 8.38. The summed E-state index contributed by atoms with van der Waals surface area (Å²) in [5.74, 6) is 0. The highest BCUT2D eigenvalue weighted by atomic mass is 31.2. The molecule has 7 aromatic carbocycles. The zero-order valence-electron chi connectivity index (χ0n) is 22.8. The molecule has 0 aliphatic heterocycles. The van der Waals surface area contributed by atoms with Crippen LogP contribution in [0.1, 0.15) is 0 Å². The monoisotopic (exact) mass is 555 g/mol. The van der Waals surface area contributed by atoms with E-state index in [1.165, 1.54) is 37.7 Å². The molecule has 0 unspecified atom stereocenters. The van der Waals surface area contributed by atoms with Crippen molar-refractivity contribution in [3.05, 3.63) is 158 Å². The largest absolute Gasteiger partial charge is 0.309 e. The number of benzene rings is 7. The smallest absolute Gasteiger partial charge is 0.172 e. The lowest BCUT2D eigenvalue weighted by Gasteiger charge is -2.20. The van der Waals surface area contributed by atoms with Gasteiger partial charge >= 0.3 is 0 Å². The molecular formula is C39H26NOP. The molecule has 0 atom stereocenters. The van der Waals surface area contributed by atoms with Crippen LogP contribution in [-0.2, 0) is 4.57 Å². The van der Waals surface area contributed by atoms with Crippen LogP contribution in [0, 0.1) is 0 Å². The zero-order chi connectivity index (χ0) is 28.1. The molecule has 0 aliphatic carbocycles. The summed E-state index contributed by atoms with van der Waals surface area (Å²) in [5, 5.41) is 12.2. The van der Waals surface area contributed by atoms with E-state index in [-0.39, 0.29) is 0 Å². The lowest BCUT2D eigenvalue weighted by atomic mass is 9.88. The van der Waals surface area contributed by atoms with Crippen molar-refractivity contribution in [2.45, 2.75) is 0 Å². The molecule has 0 bridgehead atoms. The van der Waals surface area contributed by atoms with Crippen molar-refractivity contribution in [3.8, 4) is 11.3 Å². The first kappa shape index (κ1) is 24.7. The predicted molar refractivity (Wildman–Crippen MR) is 179 cm³/mol. The maximum absolute atomic E-state index is 14.9. The number of pyridine rings is 1. The van der Waals surface area contributed by atoms with E-state index in [2.05, 4.69) is 78.9 Å². The molecule has 3 heteroatoms. The Morgan fingerprint density at radius 1 is 0.405 bits per heavy atom. The van der Waals surface area contributed by atoms with Gasteiger partial charge in [0, 0.05) is 27.7 Å². The molecule has 8 rings (SSSR count). The number of aromatic nitrogens is 1. The highest BCUT2D eigenvalue weighted by molar-refractivity contribution is 7.85. The van der Waals surface area contributed by atoms with E-state index in [4.69, 9.17) is 4.98 Å². The Morgan fingerprint density at radius 2 is 0.857 bits per heavy atom. The summed E-state index contributed by atoms with van der Waals surface area (Å²) in [5.41, 5.74) is 1.93. The van der Waals surface area contributed by atoms with Crippen LogP contribution in [0.3, 0.4) is 0 Å². The Bertz CT molecular complexity index is 2270. The average molecular weight is 556 g/mol. The van der Waals surface area contributed by atoms with Gasteiger partial charge < -0.3 is 4.57 Å². The van der Waals surface area contributed by atoms with Gasteiger partial charge in [-0.25, -0.2) is 0 Å². The Labute approximate surface area is 244 Å². The Morgan fingerprint density at radius 3 is 1.40 bits per heavy atom. The molecule has 0 fully saturated rings. The third kappa shape index (κ3) is 3.73. The molecule has 0 spiro atoms. The minimum atomic E-state index is -3.10. The number of nitrogens with zero attached hydrogens (tertiary/aromatic N) is 1. The van der Waals surface area contributed by atoms with Gasteiger partial charge in [0.25, 0.3) is 0 Å². The fourth-order valence-electron chi connectivity index (χ4n) is 6.43. The van der Waals surface area contributed by atoms with Crippen molar-refractivity contribution < 1.29 is 4.57 Å². The normalized spacial score (nSPS) is 11.9. The molecule has 0 aliphatic rings. The van der Waals surface area contributed by atoms with Gasteiger partial charge in [-0.3, -0.25) is 4.98 Å². The van der Waals surface area contributed by atoms with Crippen molar-refractivity contribution in [1.82, 2.24) is 4.98 Å². The Hall–Kier alpha value is -5.04. The second kappa shape index (κ2) is 9.80. The Kier molecular flexibility index (Phi) is 5.77. The van der Waals surface area contributed by atoms with E-state index >= 15 is 0 Å². The molecule has 0 N–H and O–H groups in total. The predicted octanol–water partition coefficient (Wildman–Crippen LogP) is 9.00. The van der Waals surface area contributed by atoms with Crippen LogP contribution in [0.15, 0.2) is 158 Å². The van der Waals surface area contributed by atoms with E-state index in [1.807, 2.05) is 79.0 Å². The topological polar surface area (TPSA) is 30.0 Å². The standard InChI is InChI=1S/C39H26NOP/c41-42(27-13-3-1-4-14-27,28-15-5-2-6-16-28)29-23-24-38(40-26-29)36-25-37-32-19-8-7-17-30(32)31-18-9-11-21-34(31)39(37)35-22-12-10-20-33(35)36/h1-26H. The van der Waals surface area contributed by atoms with Crippen molar-refractivity contribution in [1.29, 1.82) is 0 Å². The molecular weight excluding hydrogens is 529 g/mol. The molecule has 0 radical (unpaired) electrons.